The Balaban J connectivity index is 1.51. The first-order chi connectivity index (χ1) is 12.2. The zero-order valence-electron chi connectivity index (χ0n) is 13.6. The van der Waals surface area contributed by atoms with Gasteiger partial charge in [-0.05, 0) is 24.6 Å². The van der Waals surface area contributed by atoms with E-state index in [0.717, 1.165) is 10.1 Å². The number of thioether (sulfide) groups is 1. The van der Waals surface area contributed by atoms with E-state index in [1.54, 1.807) is 18.7 Å². The highest BCUT2D eigenvalue weighted by Gasteiger charge is 2.17. The van der Waals surface area contributed by atoms with Gasteiger partial charge >= 0.3 is 0 Å². The van der Waals surface area contributed by atoms with Crippen LogP contribution in [0.2, 0.25) is 0 Å². The van der Waals surface area contributed by atoms with Crippen LogP contribution in [0.1, 0.15) is 12.5 Å². The summed E-state index contributed by atoms with van der Waals surface area (Å²) >= 11 is 2.95. The molecule has 0 fully saturated rings. The molecule has 0 aliphatic heterocycles. The molecule has 1 unspecified atom stereocenters. The number of carbonyl (C=O) groups is 1. The van der Waals surface area contributed by atoms with Gasteiger partial charge < -0.3 is 4.74 Å². The van der Waals surface area contributed by atoms with Crippen molar-refractivity contribution in [3.8, 4) is 5.75 Å². The van der Waals surface area contributed by atoms with Crippen LogP contribution in [-0.2, 0) is 10.5 Å². The van der Waals surface area contributed by atoms with Crippen molar-refractivity contribution in [2.45, 2.75) is 23.1 Å². The van der Waals surface area contributed by atoms with E-state index in [2.05, 4.69) is 27.6 Å². The molecule has 1 amide bonds. The molecule has 0 aliphatic rings. The van der Waals surface area contributed by atoms with Gasteiger partial charge in [0.25, 0.3) is 5.91 Å². The molecule has 0 aliphatic carbocycles. The first kappa shape index (κ1) is 17.4. The Morgan fingerprint density at radius 1 is 1.12 bits per heavy atom. The van der Waals surface area contributed by atoms with Crippen LogP contribution in [0.3, 0.4) is 0 Å². The summed E-state index contributed by atoms with van der Waals surface area (Å²) in [4.78, 5) is 12.2. The Kier molecular flexibility index (Phi) is 6.03. The molecule has 0 spiro atoms. The summed E-state index contributed by atoms with van der Waals surface area (Å²) in [5.41, 5.74) is 1.22. The van der Waals surface area contributed by atoms with Crippen LogP contribution in [0.5, 0.6) is 5.75 Å². The van der Waals surface area contributed by atoms with E-state index in [-0.39, 0.29) is 5.91 Å². The van der Waals surface area contributed by atoms with Crippen LogP contribution in [0, 0.1) is 0 Å². The van der Waals surface area contributed by atoms with Gasteiger partial charge in [-0.25, -0.2) is 0 Å². The molecular weight excluding hydrogens is 354 g/mol. The summed E-state index contributed by atoms with van der Waals surface area (Å²) < 4.78 is 6.42. The summed E-state index contributed by atoms with van der Waals surface area (Å²) in [6.45, 7) is 1.70. The monoisotopic (exact) mass is 371 g/mol. The normalized spacial score (nSPS) is 11.7. The van der Waals surface area contributed by atoms with Gasteiger partial charge in [-0.1, -0.05) is 71.6 Å². The third kappa shape index (κ3) is 5.30. The largest absolute Gasteiger partial charge is 0.481 e. The van der Waals surface area contributed by atoms with Crippen molar-refractivity contribution in [1.82, 2.24) is 10.2 Å². The van der Waals surface area contributed by atoms with Gasteiger partial charge in [0.1, 0.15) is 5.75 Å². The van der Waals surface area contributed by atoms with Crippen molar-refractivity contribution in [3.05, 3.63) is 66.2 Å². The number of benzene rings is 2. The quantitative estimate of drug-likeness (QED) is 0.497. The number of nitrogens with one attached hydrogen (secondary N) is 1. The van der Waals surface area contributed by atoms with E-state index in [4.69, 9.17) is 4.74 Å². The van der Waals surface area contributed by atoms with E-state index in [1.165, 1.54) is 16.9 Å². The van der Waals surface area contributed by atoms with E-state index >= 15 is 0 Å². The summed E-state index contributed by atoms with van der Waals surface area (Å²) in [6.07, 6.45) is -0.619. The van der Waals surface area contributed by atoms with Crippen LogP contribution in [0.25, 0.3) is 0 Å². The Hall–Kier alpha value is -2.38. The SMILES string of the molecule is CC(Oc1ccccc1)C(=O)Nc1nnc(SCc2ccccc2)s1. The summed E-state index contributed by atoms with van der Waals surface area (Å²) in [5.74, 6) is 1.22. The lowest BCUT2D eigenvalue weighted by atomic mass is 10.2. The van der Waals surface area contributed by atoms with Crippen molar-refractivity contribution in [2.24, 2.45) is 0 Å². The molecule has 2 aromatic carbocycles. The van der Waals surface area contributed by atoms with Crippen LogP contribution < -0.4 is 10.1 Å². The van der Waals surface area contributed by atoms with Crippen molar-refractivity contribution in [1.29, 1.82) is 0 Å². The van der Waals surface area contributed by atoms with Crippen LogP contribution >= 0.6 is 23.1 Å². The van der Waals surface area contributed by atoms with Gasteiger partial charge in [0.2, 0.25) is 5.13 Å². The highest BCUT2D eigenvalue weighted by molar-refractivity contribution is 8.00. The lowest BCUT2D eigenvalue weighted by Gasteiger charge is -2.13. The predicted octanol–water partition coefficient (Wildman–Crippen LogP) is 4.24. The Morgan fingerprint density at radius 3 is 2.52 bits per heavy atom. The third-order valence-electron chi connectivity index (χ3n) is 3.27. The molecule has 1 N–H and O–H groups in total. The first-order valence-electron chi connectivity index (χ1n) is 7.73. The molecule has 1 aromatic heterocycles. The lowest BCUT2D eigenvalue weighted by Crippen LogP contribution is -2.30. The number of amides is 1. The molecule has 3 aromatic rings. The van der Waals surface area contributed by atoms with Crippen LogP contribution in [0.4, 0.5) is 5.13 Å². The molecular formula is C18H17N3O2S2. The zero-order valence-corrected chi connectivity index (χ0v) is 15.2. The molecule has 1 heterocycles. The van der Waals surface area contributed by atoms with Gasteiger partial charge in [0, 0.05) is 5.75 Å². The highest BCUT2D eigenvalue weighted by Crippen LogP contribution is 2.28. The Morgan fingerprint density at radius 2 is 1.80 bits per heavy atom. The van der Waals surface area contributed by atoms with Crippen LogP contribution in [0.15, 0.2) is 65.0 Å². The van der Waals surface area contributed by atoms with E-state index in [1.807, 2.05) is 48.5 Å². The minimum atomic E-state index is -0.619. The van der Waals surface area contributed by atoms with Gasteiger partial charge in [-0.3, -0.25) is 10.1 Å². The van der Waals surface area contributed by atoms with Gasteiger partial charge in [0.15, 0.2) is 10.4 Å². The van der Waals surface area contributed by atoms with Crippen LogP contribution in [-0.4, -0.2) is 22.2 Å². The van der Waals surface area contributed by atoms with Gasteiger partial charge in [-0.15, -0.1) is 10.2 Å². The predicted molar refractivity (Wildman–Crippen MR) is 101 cm³/mol. The van der Waals surface area contributed by atoms with Crippen molar-refractivity contribution in [3.63, 3.8) is 0 Å². The smallest absolute Gasteiger partial charge is 0.266 e. The topological polar surface area (TPSA) is 64.1 Å². The van der Waals surface area contributed by atoms with Crippen molar-refractivity contribution < 1.29 is 9.53 Å². The third-order valence-corrected chi connectivity index (χ3v) is 5.31. The number of hydrogen-bond donors (Lipinski definition) is 1. The van der Waals surface area contributed by atoms with E-state index in [0.29, 0.717) is 10.9 Å². The van der Waals surface area contributed by atoms with Crippen molar-refractivity contribution >= 4 is 34.1 Å². The number of nitrogens with zero attached hydrogens (tertiary/aromatic N) is 2. The second-order valence-electron chi connectivity index (χ2n) is 5.21. The summed E-state index contributed by atoms with van der Waals surface area (Å²) in [5, 5.41) is 11.3. The molecule has 0 radical (unpaired) electrons. The maximum Gasteiger partial charge on any atom is 0.266 e. The summed E-state index contributed by atoms with van der Waals surface area (Å²) in [7, 11) is 0. The molecule has 0 saturated carbocycles. The molecule has 0 saturated heterocycles. The van der Waals surface area contributed by atoms with Gasteiger partial charge in [0.05, 0.1) is 0 Å². The van der Waals surface area contributed by atoms with E-state index in [9.17, 15) is 4.79 Å². The first-order valence-corrected chi connectivity index (χ1v) is 9.54. The fourth-order valence-electron chi connectivity index (χ4n) is 2.00. The molecule has 0 bridgehead atoms. The Bertz CT molecular complexity index is 809. The van der Waals surface area contributed by atoms with E-state index < -0.39 is 6.10 Å². The fraction of sp³-hybridized carbons (Fsp3) is 0.167. The second-order valence-corrected chi connectivity index (χ2v) is 7.41. The molecule has 128 valence electrons. The molecule has 3 rings (SSSR count). The number of para-hydroxylation sites is 1. The average Bonchev–Trinajstić information content (AvgIpc) is 3.09. The standard InChI is InChI=1S/C18H17N3O2S2/c1-13(23-15-10-6-3-7-11-15)16(22)19-17-20-21-18(25-17)24-12-14-8-4-2-5-9-14/h2-11,13H,12H2,1H3,(H,19,20,22). The number of hydrogen-bond acceptors (Lipinski definition) is 6. The number of anilines is 1. The minimum absolute atomic E-state index is 0.250. The molecule has 5 nitrogen and oxygen atoms in total. The fourth-order valence-corrected chi connectivity index (χ4v) is 3.71. The highest BCUT2D eigenvalue weighted by atomic mass is 32.2. The maximum absolute atomic E-state index is 12.2. The van der Waals surface area contributed by atoms with Crippen molar-refractivity contribution in [2.75, 3.05) is 5.32 Å². The van der Waals surface area contributed by atoms with Gasteiger partial charge in [-0.2, -0.15) is 0 Å². The average molecular weight is 371 g/mol. The maximum atomic E-state index is 12.2. The Labute approximate surface area is 154 Å². The molecule has 1 atom stereocenters. The number of carbonyl (C=O) groups excluding carboxylic acids is 1. The number of rotatable bonds is 7. The lowest BCUT2D eigenvalue weighted by molar-refractivity contribution is -0.122. The zero-order chi connectivity index (χ0) is 17.5. The second kappa shape index (κ2) is 8.64. The molecule has 7 heteroatoms. The number of aromatic nitrogens is 2. The number of ether oxygens (including phenoxy) is 1. The summed E-state index contributed by atoms with van der Waals surface area (Å²) in [6, 6.07) is 19.4. The minimum Gasteiger partial charge on any atom is -0.481 e. The molecule has 25 heavy (non-hydrogen) atoms.